The molecule has 2 aromatic heterocycles. The van der Waals surface area contributed by atoms with Gasteiger partial charge in [0, 0.05) is 85.7 Å². The third kappa shape index (κ3) is 9.69. The Balaban J connectivity index is 0.959. The van der Waals surface area contributed by atoms with Crippen LogP contribution in [0.25, 0.3) is 16.6 Å². The van der Waals surface area contributed by atoms with Crippen LogP contribution in [0.15, 0.2) is 101 Å². The summed E-state index contributed by atoms with van der Waals surface area (Å²) in [6, 6.07) is 23.3. The third-order valence-corrected chi connectivity index (χ3v) is 12.6. The minimum Gasteiger partial charge on any atom is -0.455 e. The lowest BCUT2D eigenvalue weighted by Crippen LogP contribution is -2.47. The molecule has 0 bridgehead atoms. The number of piperazine rings is 1. The molecule has 3 N–H and O–H groups in total. The molecule has 302 valence electrons. The third-order valence-electron chi connectivity index (χ3n) is 11.6. The van der Waals surface area contributed by atoms with Crippen LogP contribution in [0, 0.1) is 16.2 Å². The monoisotopic (exact) mass is 819 g/mol. The number of allylic oxidation sites excluding steroid dienone is 1. The van der Waals surface area contributed by atoms with Gasteiger partial charge in [-0.2, -0.15) is 0 Å². The number of nitrogens with zero attached hydrogens (tertiary/aromatic N) is 4. The van der Waals surface area contributed by atoms with E-state index < -0.39 is 0 Å². The highest BCUT2D eigenvalue weighted by molar-refractivity contribution is 7.98. The van der Waals surface area contributed by atoms with Crippen molar-refractivity contribution in [1.29, 1.82) is 0 Å². The molecule has 4 heterocycles. The molecule has 2 aliphatic heterocycles. The average molecular weight is 820 g/mol. The van der Waals surface area contributed by atoms with Gasteiger partial charge in [0.2, 0.25) is 0 Å². The molecule has 11 nitrogen and oxygen atoms in total. The van der Waals surface area contributed by atoms with Gasteiger partial charge in [-0.25, -0.2) is 4.98 Å². The number of anilines is 2. The Hall–Kier alpha value is -4.88. The quantitative estimate of drug-likeness (QED) is 0.0787. The number of nitroso groups, excluding NO2 is 1. The molecular weight excluding hydrogens is 770 g/mol. The number of carbonyl (C=O) groups is 1. The first-order valence-corrected chi connectivity index (χ1v) is 21.3. The van der Waals surface area contributed by atoms with Crippen LogP contribution in [0.4, 0.5) is 17.1 Å². The Morgan fingerprint density at radius 1 is 1.03 bits per heavy atom. The standard InChI is InChI=1S/C45H50ClN7O4S/c1-45(2)15-11-33(39(26-45)31-3-5-34(46)6-4-31)29-52-17-19-53(20-18-52)35-7-9-38(42(24-35)57-36-23-32-12-16-47-43(32)49-28-36)44(54)51-58-37-8-10-40(41(25-37)50-55)48-27-30-13-21-56-22-14-30/h3-10,12,16,23-25,28,30,48H,11,13-15,17-22,26-27,29H2,1-2H3,(H,47,49)(H,51,54). The number of fused-ring (bicyclic) bond motifs is 1. The van der Waals surface area contributed by atoms with Crippen molar-refractivity contribution >= 4 is 63.1 Å². The molecule has 13 heteroatoms. The number of carbonyl (C=O) groups excluding carboxylic acids is 1. The van der Waals surface area contributed by atoms with E-state index in [4.69, 9.17) is 21.1 Å². The summed E-state index contributed by atoms with van der Waals surface area (Å²) in [5.74, 6) is 1.12. The summed E-state index contributed by atoms with van der Waals surface area (Å²) in [6.07, 6.45) is 8.82. The zero-order valence-electron chi connectivity index (χ0n) is 33.1. The Morgan fingerprint density at radius 3 is 2.64 bits per heavy atom. The zero-order chi connectivity index (χ0) is 40.1. The zero-order valence-corrected chi connectivity index (χ0v) is 34.6. The molecule has 0 radical (unpaired) electrons. The maximum absolute atomic E-state index is 13.8. The maximum atomic E-state index is 13.8. The van der Waals surface area contributed by atoms with Crippen LogP contribution in [0.1, 0.15) is 61.9 Å². The lowest BCUT2D eigenvalue weighted by atomic mass is 9.72. The second-order valence-corrected chi connectivity index (χ2v) is 17.6. The van der Waals surface area contributed by atoms with E-state index in [0.29, 0.717) is 39.3 Å². The summed E-state index contributed by atoms with van der Waals surface area (Å²) < 4.78 is 14.9. The smallest absolute Gasteiger partial charge is 0.265 e. The predicted molar refractivity (Wildman–Crippen MR) is 235 cm³/mol. The van der Waals surface area contributed by atoms with Crippen LogP contribution >= 0.6 is 23.5 Å². The van der Waals surface area contributed by atoms with Gasteiger partial charge in [-0.3, -0.25) is 14.4 Å². The Morgan fingerprint density at radius 2 is 1.84 bits per heavy atom. The molecule has 0 spiro atoms. The number of benzene rings is 3. The summed E-state index contributed by atoms with van der Waals surface area (Å²) in [6.45, 7) is 11.5. The number of ether oxygens (including phenoxy) is 2. The highest BCUT2D eigenvalue weighted by Crippen LogP contribution is 2.43. The fourth-order valence-electron chi connectivity index (χ4n) is 8.15. The van der Waals surface area contributed by atoms with Crippen molar-refractivity contribution in [2.45, 2.75) is 50.8 Å². The van der Waals surface area contributed by atoms with Crippen molar-refractivity contribution in [3.8, 4) is 11.5 Å². The van der Waals surface area contributed by atoms with Gasteiger partial charge in [0.1, 0.15) is 22.8 Å². The van der Waals surface area contributed by atoms with Crippen molar-refractivity contribution in [3.63, 3.8) is 0 Å². The fraction of sp³-hybridized carbons (Fsp3) is 0.378. The molecule has 8 rings (SSSR count). The van der Waals surface area contributed by atoms with Crippen LogP contribution in [-0.4, -0.2) is 73.3 Å². The molecule has 3 aliphatic rings. The highest BCUT2D eigenvalue weighted by Gasteiger charge is 2.30. The molecule has 2 fully saturated rings. The van der Waals surface area contributed by atoms with Crippen molar-refractivity contribution in [1.82, 2.24) is 19.6 Å². The second-order valence-electron chi connectivity index (χ2n) is 16.3. The van der Waals surface area contributed by atoms with Crippen LogP contribution in [0.5, 0.6) is 11.5 Å². The highest BCUT2D eigenvalue weighted by atomic mass is 35.5. The van der Waals surface area contributed by atoms with E-state index in [9.17, 15) is 9.70 Å². The molecule has 3 aromatic carbocycles. The van der Waals surface area contributed by atoms with Gasteiger partial charge in [-0.15, -0.1) is 4.91 Å². The number of nitrogens with one attached hydrogen (secondary N) is 3. The molecule has 58 heavy (non-hydrogen) atoms. The van der Waals surface area contributed by atoms with Crippen LogP contribution in [0.3, 0.4) is 0 Å². The Bertz CT molecular complexity index is 2280. The van der Waals surface area contributed by atoms with Gasteiger partial charge in [0.25, 0.3) is 5.91 Å². The SMILES string of the molecule is CC1(C)CCC(CN2CCN(c3ccc(C(=O)NSc4ccc(NCC5CCOCC5)c(N=O)c4)c(Oc4cnc5[nH]ccc5c4)c3)CC2)=C(c2ccc(Cl)cc2)C1. The molecule has 0 atom stereocenters. The first kappa shape index (κ1) is 39.9. The van der Waals surface area contributed by atoms with Gasteiger partial charge in [0.05, 0.1) is 17.4 Å². The van der Waals surface area contributed by atoms with E-state index >= 15 is 0 Å². The van der Waals surface area contributed by atoms with Crippen molar-refractivity contribution in [3.05, 3.63) is 112 Å². The Labute approximate surface area is 349 Å². The number of hydrogen-bond acceptors (Lipinski definition) is 10. The summed E-state index contributed by atoms with van der Waals surface area (Å²) in [5.41, 5.74) is 7.65. The van der Waals surface area contributed by atoms with E-state index in [1.807, 2.05) is 60.8 Å². The summed E-state index contributed by atoms with van der Waals surface area (Å²) >= 11 is 7.38. The number of rotatable bonds is 13. The number of halogens is 1. The van der Waals surface area contributed by atoms with E-state index in [1.54, 1.807) is 12.3 Å². The van der Waals surface area contributed by atoms with Crippen LogP contribution < -0.4 is 19.7 Å². The molecular formula is C45H50ClN7O4S. The van der Waals surface area contributed by atoms with E-state index in [2.05, 4.69) is 61.0 Å². The largest absolute Gasteiger partial charge is 0.455 e. The molecule has 2 saturated heterocycles. The molecule has 1 aliphatic carbocycles. The topological polar surface area (TPSA) is 124 Å². The molecule has 1 amide bonds. The van der Waals surface area contributed by atoms with Gasteiger partial charge in [-0.1, -0.05) is 43.2 Å². The summed E-state index contributed by atoms with van der Waals surface area (Å²) in [4.78, 5) is 38.9. The van der Waals surface area contributed by atoms with E-state index in [0.717, 1.165) is 112 Å². The van der Waals surface area contributed by atoms with Gasteiger partial charge in [0.15, 0.2) is 0 Å². The van der Waals surface area contributed by atoms with Crippen molar-refractivity contribution < 1.29 is 14.3 Å². The maximum Gasteiger partial charge on any atom is 0.265 e. The van der Waals surface area contributed by atoms with Crippen molar-refractivity contribution in [2.75, 3.05) is 62.7 Å². The lowest BCUT2D eigenvalue weighted by molar-refractivity contribution is 0.0699. The fourth-order valence-corrected chi connectivity index (χ4v) is 8.90. The number of aromatic amines is 1. The minimum absolute atomic E-state index is 0.271. The van der Waals surface area contributed by atoms with E-state index in [-0.39, 0.29) is 11.3 Å². The van der Waals surface area contributed by atoms with E-state index in [1.165, 1.54) is 23.1 Å². The second kappa shape index (κ2) is 17.9. The summed E-state index contributed by atoms with van der Waals surface area (Å²) in [5, 5.41) is 8.31. The first-order valence-electron chi connectivity index (χ1n) is 20.1. The Kier molecular flexibility index (Phi) is 12.4. The number of hydrogen-bond donors (Lipinski definition) is 3. The molecule has 0 unspecified atom stereocenters. The molecule has 5 aromatic rings. The molecule has 0 saturated carbocycles. The van der Waals surface area contributed by atoms with Gasteiger partial charge < -0.3 is 24.7 Å². The predicted octanol–water partition coefficient (Wildman–Crippen LogP) is 10.5. The summed E-state index contributed by atoms with van der Waals surface area (Å²) in [7, 11) is 0. The van der Waals surface area contributed by atoms with Crippen LogP contribution in [-0.2, 0) is 4.74 Å². The average Bonchev–Trinajstić information content (AvgIpc) is 3.72. The number of aromatic nitrogens is 2. The first-order chi connectivity index (χ1) is 28.2. The number of H-pyrrole nitrogens is 1. The lowest BCUT2D eigenvalue weighted by Gasteiger charge is -2.39. The number of amides is 1. The van der Waals surface area contributed by atoms with Gasteiger partial charge in [-0.05, 0) is 126 Å². The van der Waals surface area contributed by atoms with Crippen LogP contribution in [0.2, 0.25) is 5.02 Å². The minimum atomic E-state index is -0.324. The van der Waals surface area contributed by atoms with Gasteiger partial charge >= 0.3 is 0 Å². The number of pyridine rings is 1. The normalized spacial score (nSPS) is 17.7. The van der Waals surface area contributed by atoms with Crippen molar-refractivity contribution in [2.24, 2.45) is 16.5 Å².